The van der Waals surface area contributed by atoms with Crippen molar-refractivity contribution in [3.63, 3.8) is 0 Å². The summed E-state index contributed by atoms with van der Waals surface area (Å²) in [6, 6.07) is -1.24. The number of aliphatic hydroxyl groups is 7. The van der Waals surface area contributed by atoms with Crippen molar-refractivity contribution in [1.82, 2.24) is 5.32 Å². The lowest BCUT2D eigenvalue weighted by molar-refractivity contribution is -0.220. The van der Waals surface area contributed by atoms with E-state index < -0.39 is 75.2 Å². The first-order valence-electron chi connectivity index (χ1n) is 23.0. The van der Waals surface area contributed by atoms with Gasteiger partial charge in [0.2, 0.25) is 5.91 Å². The molecule has 0 aromatic rings. The highest BCUT2D eigenvalue weighted by Crippen LogP contribution is 2.47. The summed E-state index contributed by atoms with van der Waals surface area (Å²) in [6.45, 7) is 3.70. The molecule has 0 aliphatic heterocycles. The summed E-state index contributed by atoms with van der Waals surface area (Å²) in [5, 5.41) is 74.4. The smallest absolute Gasteiger partial charge is 0.393 e. The van der Waals surface area contributed by atoms with Crippen LogP contribution in [0.1, 0.15) is 181 Å². The Labute approximate surface area is 356 Å². The Bertz CT molecular complexity index is 1160. The van der Waals surface area contributed by atoms with E-state index in [2.05, 4.69) is 43.5 Å². The number of nitrogens with one attached hydrogen (secondary N) is 1. The lowest BCUT2D eigenvalue weighted by Crippen LogP contribution is -2.64. The lowest BCUT2D eigenvalue weighted by Gasteiger charge is -2.41. The zero-order valence-electron chi connectivity index (χ0n) is 36.4. The quantitative estimate of drug-likeness (QED) is 0.0170. The molecule has 14 heteroatoms. The van der Waals surface area contributed by atoms with E-state index in [1.807, 2.05) is 0 Å². The Morgan fingerprint density at radius 3 is 1.56 bits per heavy atom. The van der Waals surface area contributed by atoms with Crippen LogP contribution in [-0.2, 0) is 18.4 Å². The van der Waals surface area contributed by atoms with Crippen LogP contribution < -0.4 is 5.32 Å². The van der Waals surface area contributed by atoms with Gasteiger partial charge in [0.15, 0.2) is 0 Å². The number of hydrogen-bond acceptors (Lipinski definition) is 11. The van der Waals surface area contributed by atoms with Crippen molar-refractivity contribution in [2.75, 3.05) is 6.61 Å². The molecule has 0 bridgehead atoms. The predicted octanol–water partition coefficient (Wildman–Crippen LogP) is 7.36. The monoisotopic (exact) mass is 862 g/mol. The Kier molecular flexibility index (Phi) is 33.0. The van der Waals surface area contributed by atoms with E-state index in [0.29, 0.717) is 12.8 Å². The van der Waals surface area contributed by atoms with E-state index in [1.165, 1.54) is 83.1 Å². The highest BCUT2D eigenvalue weighted by molar-refractivity contribution is 7.47. The number of carbonyl (C=O) groups excluding carboxylic acids is 1. The number of unbranched alkanes of at least 4 members (excludes halogenated alkanes) is 20. The summed E-state index contributed by atoms with van der Waals surface area (Å²) in [4.78, 5) is 23.4. The summed E-state index contributed by atoms with van der Waals surface area (Å²) in [5.74, 6) is -0.603. The largest absolute Gasteiger partial charge is 0.472 e. The van der Waals surface area contributed by atoms with Crippen molar-refractivity contribution >= 4 is 13.7 Å². The van der Waals surface area contributed by atoms with E-state index in [4.69, 9.17) is 9.05 Å². The minimum Gasteiger partial charge on any atom is -0.393 e. The third-order valence-corrected chi connectivity index (χ3v) is 12.0. The van der Waals surface area contributed by atoms with Gasteiger partial charge in [-0.15, -0.1) is 0 Å². The Hall–Kier alpha value is -1.48. The number of allylic oxidation sites excluding steroid dienone is 5. The summed E-state index contributed by atoms with van der Waals surface area (Å²) >= 11 is 0. The molecular weight excluding hydrogens is 777 g/mol. The van der Waals surface area contributed by atoms with Crippen LogP contribution in [0.15, 0.2) is 36.5 Å². The molecule has 1 aliphatic rings. The Morgan fingerprint density at radius 2 is 1.03 bits per heavy atom. The van der Waals surface area contributed by atoms with Crippen molar-refractivity contribution in [1.29, 1.82) is 0 Å². The molecule has 0 aromatic carbocycles. The number of rotatable bonds is 37. The minimum absolute atomic E-state index is 0.254. The fourth-order valence-electron chi connectivity index (χ4n) is 7.15. The van der Waals surface area contributed by atoms with Crippen LogP contribution >= 0.6 is 7.82 Å². The number of carbonyl (C=O) groups is 1. The van der Waals surface area contributed by atoms with Gasteiger partial charge in [0.05, 0.1) is 31.3 Å². The summed E-state index contributed by atoms with van der Waals surface area (Å²) < 4.78 is 22.8. The zero-order chi connectivity index (χ0) is 43.7. The Balaban J connectivity index is 2.58. The molecule has 1 amide bonds. The highest BCUT2D eigenvalue weighted by atomic mass is 31.2. The molecule has 0 saturated heterocycles. The van der Waals surface area contributed by atoms with Gasteiger partial charge >= 0.3 is 7.82 Å². The molecular formula is C45H84NO12P. The van der Waals surface area contributed by atoms with Crippen LogP contribution in [-0.4, -0.2) is 108 Å². The van der Waals surface area contributed by atoms with E-state index in [0.717, 1.165) is 70.6 Å². The molecule has 1 rings (SSSR count). The van der Waals surface area contributed by atoms with Gasteiger partial charge in [-0.05, 0) is 51.4 Å². The summed E-state index contributed by atoms with van der Waals surface area (Å²) in [5.41, 5.74) is 0. The first-order valence-corrected chi connectivity index (χ1v) is 24.5. The maximum absolute atomic E-state index is 13.0. The van der Waals surface area contributed by atoms with Crippen molar-refractivity contribution in [2.24, 2.45) is 0 Å². The summed E-state index contributed by atoms with van der Waals surface area (Å²) in [7, 11) is -5.14. The van der Waals surface area contributed by atoms with E-state index in [1.54, 1.807) is 6.08 Å². The second kappa shape index (κ2) is 35.0. The molecule has 8 unspecified atom stereocenters. The lowest BCUT2D eigenvalue weighted by atomic mass is 9.85. The van der Waals surface area contributed by atoms with Gasteiger partial charge < -0.3 is 46.0 Å². The average molecular weight is 862 g/mol. The van der Waals surface area contributed by atoms with E-state index >= 15 is 0 Å². The van der Waals surface area contributed by atoms with Crippen molar-refractivity contribution in [3.8, 4) is 0 Å². The van der Waals surface area contributed by atoms with Crippen LogP contribution in [0.3, 0.4) is 0 Å². The Morgan fingerprint density at radius 1 is 0.610 bits per heavy atom. The number of hydrogen-bond donors (Lipinski definition) is 9. The van der Waals surface area contributed by atoms with Crippen molar-refractivity contribution < 1.29 is 59.0 Å². The number of phosphoric acid groups is 1. The van der Waals surface area contributed by atoms with Gasteiger partial charge in [0, 0.05) is 0 Å². The predicted molar refractivity (Wildman–Crippen MR) is 233 cm³/mol. The fourth-order valence-corrected chi connectivity index (χ4v) is 8.12. The molecule has 1 fully saturated rings. The maximum Gasteiger partial charge on any atom is 0.472 e. The molecule has 9 N–H and O–H groups in total. The SMILES string of the molecule is CCCCC/C=C\C/C=C\CCCCCCCC(O)CC(=O)NC(COP(=O)(O)OC1C(O)C(O)C(O)C(O)C1O)C(O)/C=C/CCCCCCCCCCCCCC. The van der Waals surface area contributed by atoms with Crippen LogP contribution in [0.25, 0.3) is 0 Å². The second-order valence-electron chi connectivity index (χ2n) is 16.4. The molecule has 1 aliphatic carbocycles. The fraction of sp³-hybridized carbons (Fsp3) is 0.844. The topological polar surface area (TPSA) is 226 Å². The third kappa shape index (κ3) is 27.2. The molecule has 0 heterocycles. The van der Waals surface area contributed by atoms with Gasteiger partial charge in [-0.2, -0.15) is 0 Å². The van der Waals surface area contributed by atoms with Gasteiger partial charge in [0.1, 0.15) is 36.6 Å². The third-order valence-electron chi connectivity index (χ3n) is 11.0. The second-order valence-corrected chi connectivity index (χ2v) is 17.8. The normalized spacial score (nSPS) is 23.9. The molecule has 0 radical (unpaired) electrons. The molecule has 1 saturated carbocycles. The molecule has 346 valence electrons. The number of phosphoric ester groups is 1. The minimum atomic E-state index is -5.14. The van der Waals surface area contributed by atoms with E-state index in [-0.39, 0.29) is 6.42 Å². The maximum atomic E-state index is 13.0. The van der Waals surface area contributed by atoms with Crippen LogP contribution in [0, 0.1) is 0 Å². The van der Waals surface area contributed by atoms with Gasteiger partial charge in [-0.25, -0.2) is 4.57 Å². The van der Waals surface area contributed by atoms with Crippen molar-refractivity contribution in [2.45, 2.75) is 236 Å². The van der Waals surface area contributed by atoms with Crippen LogP contribution in [0.5, 0.6) is 0 Å². The van der Waals surface area contributed by atoms with Crippen LogP contribution in [0.2, 0.25) is 0 Å². The number of amides is 1. The molecule has 0 spiro atoms. The average Bonchev–Trinajstić information content (AvgIpc) is 3.21. The zero-order valence-corrected chi connectivity index (χ0v) is 37.3. The standard InChI is InChI=1S/C45H84NO12P/c1-3-5-7-9-11-13-15-17-19-20-22-24-26-28-30-32-36(47)34-39(49)46-37(35-57-59(55,56)58-45-43(53)41(51)40(50)42(52)44(45)54)38(48)33-31-29-27-25-23-21-18-16-14-12-10-8-6-4-2/h11,13,17,19,31,33,36-38,40-45,47-48,50-54H,3-10,12,14-16,18,20-30,32,34-35H2,1-2H3,(H,46,49)(H,55,56)/b13-11-,19-17-,33-31+. The van der Waals surface area contributed by atoms with Crippen molar-refractivity contribution in [3.05, 3.63) is 36.5 Å². The molecule has 13 nitrogen and oxygen atoms in total. The summed E-state index contributed by atoms with van der Waals surface area (Å²) in [6.07, 6.45) is 25.1. The van der Waals surface area contributed by atoms with Gasteiger partial charge in [-0.1, -0.05) is 159 Å². The molecule has 59 heavy (non-hydrogen) atoms. The van der Waals surface area contributed by atoms with Gasteiger partial charge in [0.25, 0.3) is 0 Å². The first kappa shape index (κ1) is 55.5. The molecule has 0 aromatic heterocycles. The van der Waals surface area contributed by atoms with E-state index in [9.17, 15) is 50.0 Å². The van der Waals surface area contributed by atoms with Crippen LogP contribution in [0.4, 0.5) is 0 Å². The highest BCUT2D eigenvalue weighted by Gasteiger charge is 2.51. The van der Waals surface area contributed by atoms with Gasteiger partial charge in [-0.3, -0.25) is 13.8 Å². The first-order chi connectivity index (χ1) is 28.3. The molecule has 8 atom stereocenters. The number of aliphatic hydroxyl groups excluding tert-OH is 7.